The molecule has 1 aromatic carbocycles. The monoisotopic (exact) mass is 270 g/mol. The predicted molar refractivity (Wildman–Crippen MR) is 85.1 cm³/mol. The van der Waals surface area contributed by atoms with Gasteiger partial charge in [0.2, 0.25) is 0 Å². The smallest absolute Gasteiger partial charge is 0.0951 e. The van der Waals surface area contributed by atoms with Gasteiger partial charge in [0.25, 0.3) is 0 Å². The number of hydrogen-bond acceptors (Lipinski definition) is 4. The fourth-order valence-electron chi connectivity index (χ4n) is 3.16. The second-order valence-corrected chi connectivity index (χ2v) is 5.73. The van der Waals surface area contributed by atoms with Gasteiger partial charge in [-0.2, -0.15) is 0 Å². The molecule has 1 unspecified atom stereocenters. The van der Waals surface area contributed by atoms with Crippen LogP contribution in [-0.2, 0) is 0 Å². The van der Waals surface area contributed by atoms with Crippen molar-refractivity contribution in [2.45, 2.75) is 19.4 Å². The van der Waals surface area contributed by atoms with Gasteiger partial charge >= 0.3 is 0 Å². The minimum absolute atomic E-state index is 0.495. The molecule has 1 atom stereocenters. The standard InChI is InChI=1S/C16H22N4/c1-12-11-19(2)9-4-10-20(12)15-7-8-18-16-13(15)5-3-6-14(16)17/h3,5-8,12H,4,9-11,17H2,1-2H3. The molecule has 1 saturated heterocycles. The van der Waals surface area contributed by atoms with E-state index in [9.17, 15) is 0 Å². The van der Waals surface area contributed by atoms with Crippen LogP contribution in [0.2, 0.25) is 0 Å². The van der Waals surface area contributed by atoms with E-state index in [4.69, 9.17) is 5.73 Å². The van der Waals surface area contributed by atoms with Crippen LogP contribution in [0.1, 0.15) is 13.3 Å². The molecule has 1 aliphatic rings. The molecule has 0 saturated carbocycles. The zero-order chi connectivity index (χ0) is 14.1. The van der Waals surface area contributed by atoms with Gasteiger partial charge in [0.15, 0.2) is 0 Å². The van der Waals surface area contributed by atoms with Crippen LogP contribution in [-0.4, -0.2) is 42.6 Å². The SMILES string of the molecule is CC1CN(C)CCCN1c1ccnc2c(N)cccc12. The summed E-state index contributed by atoms with van der Waals surface area (Å²) in [5.41, 5.74) is 8.97. The summed E-state index contributed by atoms with van der Waals surface area (Å²) in [6.45, 7) is 5.62. The molecule has 0 amide bonds. The summed E-state index contributed by atoms with van der Waals surface area (Å²) in [7, 11) is 2.20. The predicted octanol–water partition coefficient (Wildman–Crippen LogP) is 2.35. The second kappa shape index (κ2) is 5.29. The molecule has 0 bridgehead atoms. The van der Waals surface area contributed by atoms with Crippen LogP contribution in [0.25, 0.3) is 10.9 Å². The molecule has 4 nitrogen and oxygen atoms in total. The lowest BCUT2D eigenvalue weighted by Gasteiger charge is -2.31. The number of nitrogens with two attached hydrogens (primary N) is 1. The van der Waals surface area contributed by atoms with Crippen molar-refractivity contribution in [3.63, 3.8) is 0 Å². The average Bonchev–Trinajstić information content (AvgIpc) is 2.59. The molecular weight excluding hydrogens is 248 g/mol. The summed E-state index contributed by atoms with van der Waals surface area (Å²) in [6, 6.07) is 8.66. The quantitative estimate of drug-likeness (QED) is 0.808. The third-order valence-electron chi connectivity index (χ3n) is 4.14. The largest absolute Gasteiger partial charge is 0.397 e. The molecular formula is C16H22N4. The molecule has 1 aromatic heterocycles. The van der Waals surface area contributed by atoms with Crippen LogP contribution in [0.3, 0.4) is 0 Å². The molecule has 3 rings (SSSR count). The molecule has 1 fully saturated rings. The summed E-state index contributed by atoms with van der Waals surface area (Å²) in [4.78, 5) is 9.34. The van der Waals surface area contributed by atoms with E-state index in [1.54, 1.807) is 0 Å². The van der Waals surface area contributed by atoms with Gasteiger partial charge in [0, 0.05) is 36.4 Å². The van der Waals surface area contributed by atoms with Crippen LogP contribution >= 0.6 is 0 Å². The summed E-state index contributed by atoms with van der Waals surface area (Å²) in [5, 5.41) is 1.16. The zero-order valence-corrected chi connectivity index (χ0v) is 12.2. The number of aromatic nitrogens is 1. The van der Waals surface area contributed by atoms with Gasteiger partial charge < -0.3 is 15.5 Å². The number of pyridine rings is 1. The Morgan fingerprint density at radius 2 is 2.10 bits per heavy atom. The van der Waals surface area contributed by atoms with Gasteiger partial charge in [-0.3, -0.25) is 4.98 Å². The maximum Gasteiger partial charge on any atom is 0.0951 e. The molecule has 2 aromatic rings. The highest BCUT2D eigenvalue weighted by Gasteiger charge is 2.21. The number of likely N-dealkylation sites (N-methyl/N-ethyl adjacent to an activating group) is 1. The Balaban J connectivity index is 2.07. The van der Waals surface area contributed by atoms with Gasteiger partial charge in [-0.1, -0.05) is 12.1 Å². The summed E-state index contributed by atoms with van der Waals surface area (Å²) in [6.07, 6.45) is 3.06. The van der Waals surface area contributed by atoms with Gasteiger partial charge in [-0.15, -0.1) is 0 Å². The first-order valence-electron chi connectivity index (χ1n) is 7.25. The van der Waals surface area contributed by atoms with Crippen LogP contribution in [0.4, 0.5) is 11.4 Å². The van der Waals surface area contributed by atoms with Crippen molar-refractivity contribution in [2.75, 3.05) is 37.3 Å². The first kappa shape index (κ1) is 13.2. The highest BCUT2D eigenvalue weighted by molar-refractivity contribution is 5.98. The van der Waals surface area contributed by atoms with Crippen molar-refractivity contribution in [3.05, 3.63) is 30.5 Å². The average molecular weight is 270 g/mol. The number of nitrogen functional groups attached to an aromatic ring is 1. The van der Waals surface area contributed by atoms with E-state index in [0.29, 0.717) is 6.04 Å². The fraction of sp³-hybridized carbons (Fsp3) is 0.438. The van der Waals surface area contributed by atoms with Crippen LogP contribution in [0.15, 0.2) is 30.5 Å². The van der Waals surface area contributed by atoms with E-state index in [2.05, 4.69) is 40.9 Å². The van der Waals surface area contributed by atoms with Crippen molar-refractivity contribution in [1.29, 1.82) is 0 Å². The normalized spacial score (nSPS) is 21.1. The Hall–Kier alpha value is -1.81. The van der Waals surface area contributed by atoms with Crippen molar-refractivity contribution < 1.29 is 0 Å². The minimum atomic E-state index is 0.495. The van der Waals surface area contributed by atoms with Crippen molar-refractivity contribution >= 4 is 22.3 Å². The minimum Gasteiger partial charge on any atom is -0.397 e. The molecule has 0 aliphatic carbocycles. The second-order valence-electron chi connectivity index (χ2n) is 5.73. The number of anilines is 2. The summed E-state index contributed by atoms with van der Waals surface area (Å²) < 4.78 is 0. The molecule has 0 radical (unpaired) electrons. The molecule has 106 valence electrons. The maximum atomic E-state index is 6.05. The molecule has 0 spiro atoms. The van der Waals surface area contributed by atoms with Crippen molar-refractivity contribution in [1.82, 2.24) is 9.88 Å². The van der Waals surface area contributed by atoms with Gasteiger partial charge in [0.1, 0.15) is 0 Å². The van der Waals surface area contributed by atoms with Crippen LogP contribution in [0.5, 0.6) is 0 Å². The van der Waals surface area contributed by atoms with Crippen molar-refractivity contribution in [2.24, 2.45) is 0 Å². The highest BCUT2D eigenvalue weighted by Crippen LogP contribution is 2.30. The van der Waals surface area contributed by atoms with E-state index < -0.39 is 0 Å². The van der Waals surface area contributed by atoms with E-state index >= 15 is 0 Å². The molecule has 2 N–H and O–H groups in total. The Morgan fingerprint density at radius 3 is 2.95 bits per heavy atom. The zero-order valence-electron chi connectivity index (χ0n) is 12.2. The fourth-order valence-corrected chi connectivity index (χ4v) is 3.16. The van der Waals surface area contributed by atoms with E-state index in [-0.39, 0.29) is 0 Å². The lowest BCUT2D eigenvalue weighted by atomic mass is 10.1. The lowest BCUT2D eigenvalue weighted by Crippen LogP contribution is -2.38. The Bertz CT molecular complexity index is 610. The van der Waals surface area contributed by atoms with Gasteiger partial charge in [0.05, 0.1) is 11.2 Å². The molecule has 20 heavy (non-hydrogen) atoms. The van der Waals surface area contributed by atoms with Crippen LogP contribution < -0.4 is 10.6 Å². The van der Waals surface area contributed by atoms with E-state index in [1.165, 1.54) is 12.1 Å². The Morgan fingerprint density at radius 1 is 1.25 bits per heavy atom. The number of rotatable bonds is 1. The lowest BCUT2D eigenvalue weighted by molar-refractivity contribution is 0.337. The van der Waals surface area contributed by atoms with E-state index in [1.807, 2.05) is 18.3 Å². The number of nitrogens with zero attached hydrogens (tertiary/aromatic N) is 3. The first-order valence-corrected chi connectivity index (χ1v) is 7.25. The van der Waals surface area contributed by atoms with Gasteiger partial charge in [-0.05, 0) is 39.1 Å². The maximum absolute atomic E-state index is 6.05. The Kier molecular flexibility index (Phi) is 3.49. The number of fused-ring (bicyclic) bond motifs is 1. The first-order chi connectivity index (χ1) is 9.66. The topological polar surface area (TPSA) is 45.4 Å². The van der Waals surface area contributed by atoms with Crippen molar-refractivity contribution in [3.8, 4) is 0 Å². The number of hydrogen-bond donors (Lipinski definition) is 1. The van der Waals surface area contributed by atoms with Crippen LogP contribution in [0, 0.1) is 0 Å². The Labute approximate surface area is 120 Å². The van der Waals surface area contributed by atoms with Gasteiger partial charge in [-0.25, -0.2) is 0 Å². The third-order valence-corrected chi connectivity index (χ3v) is 4.14. The van der Waals surface area contributed by atoms with E-state index in [0.717, 1.165) is 36.2 Å². The third kappa shape index (κ3) is 2.31. The number of para-hydroxylation sites is 1. The number of benzene rings is 1. The highest BCUT2D eigenvalue weighted by atomic mass is 15.2. The molecule has 1 aliphatic heterocycles. The summed E-state index contributed by atoms with van der Waals surface area (Å²) >= 11 is 0. The molecule has 4 heteroatoms. The molecule has 2 heterocycles. The summed E-state index contributed by atoms with van der Waals surface area (Å²) in [5.74, 6) is 0.